The Morgan fingerprint density at radius 2 is 1.85 bits per heavy atom. The van der Waals surface area contributed by atoms with E-state index in [-0.39, 0.29) is 17.2 Å². The van der Waals surface area contributed by atoms with Gasteiger partial charge in [0, 0.05) is 12.0 Å². The first-order chi connectivity index (χ1) is 12.2. The molecule has 0 spiro atoms. The molecule has 2 N–H and O–H groups in total. The molecule has 8 heteroatoms. The predicted octanol–water partition coefficient (Wildman–Crippen LogP) is 3.09. The number of nitrogens with zero attached hydrogens (tertiary/aromatic N) is 2. The van der Waals surface area contributed by atoms with Crippen molar-refractivity contribution < 1.29 is 14.3 Å². The van der Waals surface area contributed by atoms with Crippen LogP contribution >= 0.6 is 11.3 Å². The van der Waals surface area contributed by atoms with Gasteiger partial charge in [-0.15, -0.1) is 10.2 Å². The van der Waals surface area contributed by atoms with E-state index < -0.39 is 6.04 Å². The summed E-state index contributed by atoms with van der Waals surface area (Å²) in [4.78, 5) is 24.2. The zero-order valence-corrected chi connectivity index (χ0v) is 16.4. The molecule has 1 unspecified atom stereocenters. The number of rotatable bonds is 6. The van der Waals surface area contributed by atoms with Gasteiger partial charge in [0.2, 0.25) is 16.9 Å². The van der Waals surface area contributed by atoms with Crippen molar-refractivity contribution in [3.63, 3.8) is 0 Å². The Hall–Kier alpha value is -2.48. The second-order valence-electron chi connectivity index (χ2n) is 7.16. The fourth-order valence-electron chi connectivity index (χ4n) is 2.18. The van der Waals surface area contributed by atoms with E-state index in [4.69, 9.17) is 4.74 Å². The van der Waals surface area contributed by atoms with Crippen molar-refractivity contribution in [2.45, 2.75) is 40.2 Å². The van der Waals surface area contributed by atoms with Gasteiger partial charge in [0.25, 0.3) is 0 Å². The largest absolute Gasteiger partial charge is 0.497 e. The van der Waals surface area contributed by atoms with Crippen molar-refractivity contribution >= 4 is 28.3 Å². The minimum absolute atomic E-state index is 0.132. The van der Waals surface area contributed by atoms with Gasteiger partial charge < -0.3 is 10.1 Å². The molecule has 7 nitrogen and oxygen atoms in total. The third-order valence-electron chi connectivity index (χ3n) is 3.45. The van der Waals surface area contributed by atoms with Crippen LogP contribution in [-0.2, 0) is 9.59 Å². The van der Waals surface area contributed by atoms with Gasteiger partial charge in [0.05, 0.1) is 7.11 Å². The minimum Gasteiger partial charge on any atom is -0.497 e. The lowest BCUT2D eigenvalue weighted by Gasteiger charge is -2.19. The highest BCUT2D eigenvalue weighted by molar-refractivity contribution is 7.18. The summed E-state index contributed by atoms with van der Waals surface area (Å²) in [6.45, 7) is 7.55. The van der Waals surface area contributed by atoms with Gasteiger partial charge in [-0.25, -0.2) is 0 Å². The normalized spacial score (nSPS) is 12.3. The van der Waals surface area contributed by atoms with Crippen LogP contribution in [0, 0.1) is 5.41 Å². The lowest BCUT2D eigenvalue weighted by molar-refractivity contribution is -0.127. The average Bonchev–Trinajstić information content (AvgIpc) is 3.01. The van der Waals surface area contributed by atoms with Crippen molar-refractivity contribution in [1.82, 2.24) is 15.5 Å². The molecular weight excluding hydrogens is 352 g/mol. The van der Waals surface area contributed by atoms with E-state index in [9.17, 15) is 9.59 Å². The number of ether oxygens (including phenoxy) is 1. The van der Waals surface area contributed by atoms with E-state index in [2.05, 4.69) is 20.8 Å². The highest BCUT2D eigenvalue weighted by Gasteiger charge is 2.21. The number of carbonyl (C=O) groups is 2. The topological polar surface area (TPSA) is 93.2 Å². The van der Waals surface area contributed by atoms with Gasteiger partial charge in [0.1, 0.15) is 16.8 Å². The van der Waals surface area contributed by atoms with Crippen LogP contribution in [-0.4, -0.2) is 35.2 Å². The van der Waals surface area contributed by atoms with Crippen LogP contribution in [0.5, 0.6) is 5.75 Å². The Kier molecular flexibility index (Phi) is 6.31. The van der Waals surface area contributed by atoms with Crippen LogP contribution < -0.4 is 15.4 Å². The summed E-state index contributed by atoms with van der Waals surface area (Å²) < 4.78 is 5.13. The van der Waals surface area contributed by atoms with Crippen molar-refractivity contribution in [3.8, 4) is 16.3 Å². The number of methoxy groups -OCH3 is 1. The molecule has 1 aromatic carbocycles. The second kappa shape index (κ2) is 8.27. The fourth-order valence-corrected chi connectivity index (χ4v) is 2.93. The molecule has 0 radical (unpaired) electrons. The van der Waals surface area contributed by atoms with Crippen LogP contribution in [0.4, 0.5) is 5.13 Å². The Balaban J connectivity index is 1.95. The zero-order valence-electron chi connectivity index (χ0n) is 15.6. The fraction of sp³-hybridized carbons (Fsp3) is 0.444. The number of amides is 2. The van der Waals surface area contributed by atoms with E-state index in [0.29, 0.717) is 16.6 Å². The highest BCUT2D eigenvalue weighted by Crippen LogP contribution is 2.27. The summed E-state index contributed by atoms with van der Waals surface area (Å²) in [5.74, 6) is 0.271. The number of hydrogen-bond donors (Lipinski definition) is 2. The third kappa shape index (κ3) is 5.80. The second-order valence-corrected chi connectivity index (χ2v) is 8.13. The van der Waals surface area contributed by atoms with E-state index in [1.165, 1.54) is 11.3 Å². The first-order valence-electron chi connectivity index (χ1n) is 8.26. The SMILES string of the molecule is COc1ccc(-c2nnc(NC(=O)C(C)NC(=O)CC(C)(C)C)s2)cc1. The summed E-state index contributed by atoms with van der Waals surface area (Å²) in [6.07, 6.45) is 0.352. The Labute approximate surface area is 157 Å². The first-order valence-corrected chi connectivity index (χ1v) is 9.08. The summed E-state index contributed by atoms with van der Waals surface area (Å²) in [5, 5.41) is 14.5. The van der Waals surface area contributed by atoms with Gasteiger partial charge in [-0.1, -0.05) is 32.1 Å². The molecule has 0 aliphatic heterocycles. The van der Waals surface area contributed by atoms with Crippen molar-refractivity contribution in [1.29, 1.82) is 0 Å². The molecule has 26 heavy (non-hydrogen) atoms. The van der Waals surface area contributed by atoms with Gasteiger partial charge >= 0.3 is 0 Å². The highest BCUT2D eigenvalue weighted by atomic mass is 32.1. The molecule has 0 saturated carbocycles. The number of benzene rings is 1. The molecule has 1 heterocycles. The van der Waals surface area contributed by atoms with Crippen molar-refractivity contribution in [3.05, 3.63) is 24.3 Å². The maximum Gasteiger partial charge on any atom is 0.248 e. The van der Waals surface area contributed by atoms with Crippen LogP contribution in [0.3, 0.4) is 0 Å². The summed E-state index contributed by atoms with van der Waals surface area (Å²) in [7, 11) is 1.61. The van der Waals surface area contributed by atoms with Crippen LogP contribution in [0.25, 0.3) is 10.6 Å². The van der Waals surface area contributed by atoms with E-state index in [1.54, 1.807) is 14.0 Å². The molecular formula is C18H24N4O3S. The quantitative estimate of drug-likeness (QED) is 0.808. The molecule has 1 aromatic heterocycles. The monoisotopic (exact) mass is 376 g/mol. The van der Waals surface area contributed by atoms with E-state index in [0.717, 1.165) is 11.3 Å². The Morgan fingerprint density at radius 1 is 1.19 bits per heavy atom. The van der Waals surface area contributed by atoms with Crippen molar-refractivity contribution in [2.75, 3.05) is 12.4 Å². The number of nitrogens with one attached hydrogen (secondary N) is 2. The van der Waals surface area contributed by atoms with Crippen molar-refractivity contribution in [2.24, 2.45) is 5.41 Å². The molecule has 1 atom stereocenters. The Bertz CT molecular complexity index is 765. The molecule has 2 aromatic rings. The number of hydrogen-bond acceptors (Lipinski definition) is 6. The van der Waals surface area contributed by atoms with Crippen LogP contribution in [0.1, 0.15) is 34.1 Å². The minimum atomic E-state index is -0.654. The van der Waals surface area contributed by atoms with Gasteiger partial charge in [-0.05, 0) is 36.6 Å². The van der Waals surface area contributed by atoms with Crippen LogP contribution in [0.15, 0.2) is 24.3 Å². The Morgan fingerprint density at radius 3 is 2.42 bits per heavy atom. The molecule has 0 aliphatic rings. The smallest absolute Gasteiger partial charge is 0.248 e. The first kappa shape index (κ1) is 19.8. The zero-order chi connectivity index (χ0) is 19.3. The van der Waals surface area contributed by atoms with Gasteiger partial charge in [0.15, 0.2) is 0 Å². The number of aromatic nitrogens is 2. The van der Waals surface area contributed by atoms with Crippen LogP contribution in [0.2, 0.25) is 0 Å². The average molecular weight is 376 g/mol. The molecule has 0 aliphatic carbocycles. The molecule has 140 valence electrons. The number of anilines is 1. The maximum absolute atomic E-state index is 12.2. The van der Waals surface area contributed by atoms with E-state index >= 15 is 0 Å². The molecule has 0 saturated heterocycles. The third-order valence-corrected chi connectivity index (χ3v) is 4.34. The van der Waals surface area contributed by atoms with Gasteiger partial charge in [-0.2, -0.15) is 0 Å². The summed E-state index contributed by atoms with van der Waals surface area (Å²) in [5.41, 5.74) is 0.752. The molecule has 2 rings (SSSR count). The summed E-state index contributed by atoms with van der Waals surface area (Å²) in [6, 6.07) is 6.77. The van der Waals surface area contributed by atoms with E-state index in [1.807, 2.05) is 45.0 Å². The predicted molar refractivity (Wildman–Crippen MR) is 102 cm³/mol. The van der Waals surface area contributed by atoms with Gasteiger partial charge in [-0.3, -0.25) is 14.9 Å². The number of carbonyl (C=O) groups excluding carboxylic acids is 2. The standard InChI is InChI=1S/C18H24N4O3S/c1-11(19-14(23)10-18(2,3)4)15(24)20-17-22-21-16(26-17)12-6-8-13(25-5)9-7-12/h6-9,11H,10H2,1-5H3,(H,19,23)(H,20,22,24). The lowest BCUT2D eigenvalue weighted by atomic mass is 9.92. The maximum atomic E-state index is 12.2. The molecule has 0 bridgehead atoms. The molecule has 0 fully saturated rings. The summed E-state index contributed by atoms with van der Waals surface area (Å²) >= 11 is 1.27. The molecule has 2 amide bonds. The lowest BCUT2D eigenvalue weighted by Crippen LogP contribution is -2.42.